The molecule has 0 aromatic heterocycles. The number of carboxylic acid groups (broad SMARTS) is 1. The Morgan fingerprint density at radius 2 is 1.76 bits per heavy atom. The van der Waals surface area contributed by atoms with Crippen LogP contribution in [0.25, 0.3) is 0 Å². The molecule has 2 aromatic carbocycles. The molecular weight excluding hydrogens is 281 g/mol. The number of phenols is 2. The van der Waals surface area contributed by atoms with E-state index in [4.69, 9.17) is 10.2 Å². The van der Waals surface area contributed by atoms with Crippen LogP contribution in [-0.2, 0) is 0 Å². The Morgan fingerprint density at radius 3 is 2.38 bits per heavy atom. The van der Waals surface area contributed by atoms with Crippen molar-refractivity contribution in [3.05, 3.63) is 53.3 Å². The number of nitrogens with one attached hydrogen (secondary N) is 1. The van der Waals surface area contributed by atoms with E-state index in [9.17, 15) is 19.1 Å². The van der Waals surface area contributed by atoms with Gasteiger partial charge in [0.05, 0.1) is 16.8 Å². The van der Waals surface area contributed by atoms with E-state index in [1.807, 2.05) is 0 Å². The van der Waals surface area contributed by atoms with Crippen molar-refractivity contribution in [2.45, 2.75) is 0 Å². The quantitative estimate of drug-likeness (QED) is 0.693. The third-order valence-electron chi connectivity index (χ3n) is 2.71. The predicted octanol–water partition coefficient (Wildman–Crippen LogP) is 2.19. The molecule has 4 N–H and O–H groups in total. The molecule has 0 spiro atoms. The number of hydrogen-bond donors (Lipinski definition) is 4. The maximum atomic E-state index is 13.7. The zero-order chi connectivity index (χ0) is 15.6. The molecular formula is C14H10FNO5. The Hall–Kier alpha value is -3.09. The molecule has 0 saturated carbocycles. The molecule has 1 amide bonds. The van der Waals surface area contributed by atoms with Crippen molar-refractivity contribution in [1.82, 2.24) is 0 Å². The van der Waals surface area contributed by atoms with Gasteiger partial charge < -0.3 is 20.6 Å². The van der Waals surface area contributed by atoms with Gasteiger partial charge in [0.2, 0.25) is 0 Å². The van der Waals surface area contributed by atoms with Crippen LogP contribution < -0.4 is 5.32 Å². The number of para-hydroxylation sites is 1. The number of aromatic carboxylic acids is 1. The first-order chi connectivity index (χ1) is 9.90. The van der Waals surface area contributed by atoms with Gasteiger partial charge in [-0.15, -0.1) is 0 Å². The third kappa shape index (κ3) is 2.92. The van der Waals surface area contributed by atoms with Gasteiger partial charge in [-0.3, -0.25) is 4.79 Å². The number of carbonyl (C=O) groups excluding carboxylic acids is 1. The summed E-state index contributed by atoms with van der Waals surface area (Å²) in [4.78, 5) is 23.0. The van der Waals surface area contributed by atoms with Crippen molar-refractivity contribution in [1.29, 1.82) is 0 Å². The van der Waals surface area contributed by atoms with Crippen LogP contribution >= 0.6 is 0 Å². The number of benzene rings is 2. The second-order valence-corrected chi connectivity index (χ2v) is 4.12. The fourth-order valence-corrected chi connectivity index (χ4v) is 1.72. The molecule has 0 unspecified atom stereocenters. The highest BCUT2D eigenvalue weighted by atomic mass is 19.1. The Bertz CT molecular complexity index is 729. The molecule has 0 radical (unpaired) electrons. The van der Waals surface area contributed by atoms with E-state index < -0.39 is 34.7 Å². The first kappa shape index (κ1) is 14.3. The van der Waals surface area contributed by atoms with Gasteiger partial charge in [0.1, 0.15) is 17.3 Å². The zero-order valence-corrected chi connectivity index (χ0v) is 10.5. The maximum Gasteiger partial charge on any atom is 0.337 e. The number of hydrogen-bond acceptors (Lipinski definition) is 4. The SMILES string of the molecule is O=C(Nc1c(F)cccc1C(=O)O)c1ccc(O)cc1O. The average molecular weight is 291 g/mol. The molecule has 2 rings (SSSR count). The van der Waals surface area contributed by atoms with E-state index in [1.165, 1.54) is 6.07 Å². The molecule has 0 aliphatic rings. The highest BCUT2D eigenvalue weighted by Gasteiger charge is 2.19. The fourth-order valence-electron chi connectivity index (χ4n) is 1.72. The average Bonchev–Trinajstić information content (AvgIpc) is 2.40. The predicted molar refractivity (Wildman–Crippen MR) is 71.1 cm³/mol. The molecule has 108 valence electrons. The van der Waals surface area contributed by atoms with Crippen LogP contribution in [0.1, 0.15) is 20.7 Å². The number of halogens is 1. The molecule has 7 heteroatoms. The normalized spacial score (nSPS) is 10.1. The standard InChI is InChI=1S/C14H10FNO5/c15-10-3-1-2-9(14(20)21)12(10)16-13(19)8-5-4-7(17)6-11(8)18/h1-6,17-18H,(H,16,19)(H,20,21). The summed E-state index contributed by atoms with van der Waals surface area (Å²) >= 11 is 0. The lowest BCUT2D eigenvalue weighted by atomic mass is 10.1. The van der Waals surface area contributed by atoms with Crippen LogP contribution in [-0.4, -0.2) is 27.2 Å². The van der Waals surface area contributed by atoms with Crippen molar-refractivity contribution < 1.29 is 29.3 Å². The molecule has 21 heavy (non-hydrogen) atoms. The maximum absolute atomic E-state index is 13.7. The van der Waals surface area contributed by atoms with Gasteiger partial charge in [0, 0.05) is 6.07 Å². The van der Waals surface area contributed by atoms with Crippen molar-refractivity contribution in [2.75, 3.05) is 5.32 Å². The number of carbonyl (C=O) groups is 2. The molecule has 2 aromatic rings. The molecule has 0 heterocycles. The first-order valence-corrected chi connectivity index (χ1v) is 5.75. The minimum absolute atomic E-state index is 0.229. The monoisotopic (exact) mass is 291 g/mol. The topological polar surface area (TPSA) is 107 Å². The van der Waals surface area contributed by atoms with Crippen LogP contribution in [0.4, 0.5) is 10.1 Å². The highest BCUT2D eigenvalue weighted by molar-refractivity contribution is 6.09. The zero-order valence-electron chi connectivity index (χ0n) is 10.5. The summed E-state index contributed by atoms with van der Waals surface area (Å²) in [5.74, 6) is -3.98. The minimum atomic E-state index is -1.40. The van der Waals surface area contributed by atoms with Crippen LogP contribution in [0.2, 0.25) is 0 Å². The number of amides is 1. The third-order valence-corrected chi connectivity index (χ3v) is 2.71. The number of phenolic OH excluding ortho intramolecular Hbond substituents is 2. The lowest BCUT2D eigenvalue weighted by Gasteiger charge is -2.10. The van der Waals surface area contributed by atoms with Gasteiger partial charge >= 0.3 is 5.97 Å². The molecule has 0 aliphatic heterocycles. The molecule has 0 atom stereocenters. The summed E-state index contributed by atoms with van der Waals surface area (Å²) in [7, 11) is 0. The Balaban J connectivity index is 2.38. The van der Waals surface area contributed by atoms with E-state index in [2.05, 4.69) is 5.32 Å². The molecule has 0 saturated heterocycles. The summed E-state index contributed by atoms with van der Waals surface area (Å²) in [6, 6.07) is 6.56. The van der Waals surface area contributed by atoms with Gasteiger partial charge in [-0.1, -0.05) is 6.07 Å². The molecule has 0 fully saturated rings. The lowest BCUT2D eigenvalue weighted by molar-refractivity contribution is 0.0697. The van der Waals surface area contributed by atoms with E-state index in [0.717, 1.165) is 30.3 Å². The molecule has 0 bridgehead atoms. The second kappa shape index (κ2) is 5.49. The van der Waals surface area contributed by atoms with Crippen molar-refractivity contribution in [3.8, 4) is 11.5 Å². The largest absolute Gasteiger partial charge is 0.508 e. The van der Waals surface area contributed by atoms with E-state index >= 15 is 0 Å². The van der Waals surface area contributed by atoms with E-state index in [-0.39, 0.29) is 11.3 Å². The lowest BCUT2D eigenvalue weighted by Crippen LogP contribution is -2.16. The Labute approximate surface area is 118 Å². The van der Waals surface area contributed by atoms with Gasteiger partial charge in [-0.05, 0) is 24.3 Å². The number of rotatable bonds is 3. The second-order valence-electron chi connectivity index (χ2n) is 4.12. The van der Waals surface area contributed by atoms with Gasteiger partial charge in [-0.25, -0.2) is 9.18 Å². The van der Waals surface area contributed by atoms with Crippen LogP contribution in [0, 0.1) is 5.82 Å². The number of carboxylic acids is 1. The molecule has 0 aliphatic carbocycles. The van der Waals surface area contributed by atoms with Crippen LogP contribution in [0.3, 0.4) is 0 Å². The summed E-state index contributed by atoms with van der Waals surface area (Å²) in [5, 5.41) is 29.8. The van der Waals surface area contributed by atoms with Gasteiger partial charge in [0.15, 0.2) is 0 Å². The van der Waals surface area contributed by atoms with Crippen molar-refractivity contribution in [2.24, 2.45) is 0 Å². The first-order valence-electron chi connectivity index (χ1n) is 5.75. The van der Waals surface area contributed by atoms with Crippen molar-refractivity contribution >= 4 is 17.6 Å². The van der Waals surface area contributed by atoms with Crippen LogP contribution in [0.5, 0.6) is 11.5 Å². The van der Waals surface area contributed by atoms with Crippen LogP contribution in [0.15, 0.2) is 36.4 Å². The number of anilines is 1. The summed E-state index contributed by atoms with van der Waals surface area (Å²) in [6.45, 7) is 0. The summed E-state index contributed by atoms with van der Waals surface area (Å²) in [5.41, 5.74) is -1.14. The van der Waals surface area contributed by atoms with E-state index in [0.29, 0.717) is 0 Å². The number of aromatic hydroxyl groups is 2. The van der Waals surface area contributed by atoms with Crippen molar-refractivity contribution in [3.63, 3.8) is 0 Å². The highest BCUT2D eigenvalue weighted by Crippen LogP contribution is 2.25. The Morgan fingerprint density at radius 1 is 1.05 bits per heavy atom. The molecule has 6 nitrogen and oxygen atoms in total. The smallest absolute Gasteiger partial charge is 0.337 e. The Kier molecular flexibility index (Phi) is 3.75. The van der Waals surface area contributed by atoms with Gasteiger partial charge in [0.25, 0.3) is 5.91 Å². The minimum Gasteiger partial charge on any atom is -0.508 e. The van der Waals surface area contributed by atoms with E-state index in [1.54, 1.807) is 0 Å². The summed E-state index contributed by atoms with van der Waals surface area (Å²) in [6.07, 6.45) is 0. The summed E-state index contributed by atoms with van der Waals surface area (Å²) < 4.78 is 13.7. The van der Waals surface area contributed by atoms with Gasteiger partial charge in [-0.2, -0.15) is 0 Å². The fraction of sp³-hybridized carbons (Fsp3) is 0.